The summed E-state index contributed by atoms with van der Waals surface area (Å²) in [4.78, 5) is 11.1. The Kier molecular flexibility index (Phi) is 6.61. The molecule has 0 atom stereocenters. The van der Waals surface area contributed by atoms with Gasteiger partial charge in [-0.25, -0.2) is 4.79 Å². The molecule has 2 aromatic carbocycles. The van der Waals surface area contributed by atoms with Crippen molar-refractivity contribution in [1.29, 1.82) is 0 Å². The number of aromatic amines is 1. The molecule has 1 heterocycles. The molecule has 0 aliphatic heterocycles. The van der Waals surface area contributed by atoms with E-state index in [1.54, 1.807) is 24.3 Å². The van der Waals surface area contributed by atoms with Crippen molar-refractivity contribution in [3.8, 4) is 28.3 Å². The smallest absolute Gasteiger partial charge is 0.335 e. The highest BCUT2D eigenvalue weighted by molar-refractivity contribution is 5.88. The van der Waals surface area contributed by atoms with Crippen LogP contribution in [-0.2, 0) is 10.2 Å². The maximum atomic E-state index is 11.1. The molecule has 1 saturated carbocycles. The van der Waals surface area contributed by atoms with E-state index in [0.717, 1.165) is 41.1 Å². The fourth-order valence-electron chi connectivity index (χ4n) is 4.49. The van der Waals surface area contributed by atoms with Gasteiger partial charge in [0.2, 0.25) is 0 Å². The summed E-state index contributed by atoms with van der Waals surface area (Å²) in [6.45, 7) is 5.16. The van der Waals surface area contributed by atoms with E-state index >= 15 is 0 Å². The van der Waals surface area contributed by atoms with E-state index < -0.39 is 5.97 Å². The SMILES string of the molecule is CCOCOc1ccc(-c2cc(-c3ccc(C(=O)O)cc3)[nH]n2)cc1C1(C)CCCCC1. The maximum absolute atomic E-state index is 11.1. The third kappa shape index (κ3) is 4.70. The first-order valence-electron chi connectivity index (χ1n) is 11.2. The Bertz CT molecular complexity index is 1070. The predicted molar refractivity (Wildman–Crippen MR) is 124 cm³/mol. The van der Waals surface area contributed by atoms with Gasteiger partial charge in [-0.2, -0.15) is 5.10 Å². The Hall–Kier alpha value is -3.12. The summed E-state index contributed by atoms with van der Waals surface area (Å²) in [5.74, 6) is -0.0520. The minimum atomic E-state index is -0.933. The highest BCUT2D eigenvalue weighted by Gasteiger charge is 2.32. The van der Waals surface area contributed by atoms with Crippen LogP contribution < -0.4 is 4.74 Å². The lowest BCUT2D eigenvalue weighted by atomic mass is 9.70. The Labute approximate surface area is 188 Å². The Balaban J connectivity index is 1.65. The topological polar surface area (TPSA) is 84.4 Å². The van der Waals surface area contributed by atoms with Gasteiger partial charge in [0, 0.05) is 17.7 Å². The number of carboxylic acid groups (broad SMARTS) is 1. The number of hydrogen-bond acceptors (Lipinski definition) is 4. The van der Waals surface area contributed by atoms with Crippen LogP contribution in [-0.4, -0.2) is 34.7 Å². The molecule has 0 amide bonds. The van der Waals surface area contributed by atoms with Gasteiger partial charge in [-0.05, 0) is 67.1 Å². The van der Waals surface area contributed by atoms with Crippen molar-refractivity contribution in [2.24, 2.45) is 0 Å². The summed E-state index contributed by atoms with van der Waals surface area (Å²) in [6, 6.07) is 15.1. The number of benzene rings is 2. The fourth-order valence-corrected chi connectivity index (χ4v) is 4.49. The molecule has 168 valence electrons. The molecule has 0 bridgehead atoms. The van der Waals surface area contributed by atoms with Crippen molar-refractivity contribution >= 4 is 5.97 Å². The molecular weight excluding hydrogens is 404 g/mol. The van der Waals surface area contributed by atoms with Crippen molar-refractivity contribution < 1.29 is 19.4 Å². The molecule has 4 rings (SSSR count). The highest BCUT2D eigenvalue weighted by Crippen LogP contribution is 2.44. The zero-order valence-corrected chi connectivity index (χ0v) is 18.7. The molecule has 32 heavy (non-hydrogen) atoms. The molecule has 1 fully saturated rings. The number of aromatic nitrogens is 2. The van der Waals surface area contributed by atoms with E-state index in [1.165, 1.54) is 24.8 Å². The number of nitrogens with zero attached hydrogens (tertiary/aromatic N) is 1. The monoisotopic (exact) mass is 434 g/mol. The number of hydrogen-bond donors (Lipinski definition) is 2. The summed E-state index contributed by atoms with van der Waals surface area (Å²) in [5, 5.41) is 16.7. The standard InChI is InChI=1S/C26H30N2O4/c1-3-31-17-32-24-12-11-20(15-21(24)26(2)13-5-4-6-14-26)23-16-22(27-28-23)18-7-9-19(10-8-18)25(29)30/h7-12,15-16H,3-6,13-14,17H2,1-2H3,(H,27,28)(H,29,30). The molecule has 1 aliphatic carbocycles. The van der Waals surface area contributed by atoms with E-state index in [0.29, 0.717) is 6.61 Å². The first-order valence-corrected chi connectivity index (χ1v) is 11.2. The summed E-state index contributed by atoms with van der Waals surface area (Å²) in [7, 11) is 0. The second-order valence-corrected chi connectivity index (χ2v) is 8.64. The molecule has 3 aromatic rings. The Morgan fingerprint density at radius 2 is 1.78 bits per heavy atom. The highest BCUT2D eigenvalue weighted by atomic mass is 16.7. The van der Waals surface area contributed by atoms with Crippen LogP contribution in [0.3, 0.4) is 0 Å². The number of nitrogens with one attached hydrogen (secondary N) is 1. The van der Waals surface area contributed by atoms with E-state index in [9.17, 15) is 4.79 Å². The van der Waals surface area contributed by atoms with Crippen molar-refractivity contribution in [2.75, 3.05) is 13.4 Å². The van der Waals surface area contributed by atoms with Gasteiger partial charge >= 0.3 is 5.97 Å². The van der Waals surface area contributed by atoms with Crippen LogP contribution >= 0.6 is 0 Å². The van der Waals surface area contributed by atoms with Crippen LogP contribution in [0.25, 0.3) is 22.5 Å². The molecule has 1 aliphatic rings. The minimum absolute atomic E-state index is 0.0710. The zero-order valence-electron chi connectivity index (χ0n) is 18.7. The average molecular weight is 435 g/mol. The van der Waals surface area contributed by atoms with Gasteiger partial charge in [0.1, 0.15) is 5.75 Å². The van der Waals surface area contributed by atoms with E-state index in [2.05, 4.69) is 23.2 Å². The fraction of sp³-hybridized carbons (Fsp3) is 0.385. The number of carboxylic acids is 1. The number of H-pyrrole nitrogens is 1. The molecule has 0 unspecified atom stereocenters. The van der Waals surface area contributed by atoms with Gasteiger partial charge in [-0.15, -0.1) is 0 Å². The molecule has 1 aromatic heterocycles. The van der Waals surface area contributed by atoms with E-state index in [-0.39, 0.29) is 17.8 Å². The Morgan fingerprint density at radius 1 is 1.06 bits per heavy atom. The van der Waals surface area contributed by atoms with Crippen LogP contribution in [0, 0.1) is 0 Å². The number of carbonyl (C=O) groups is 1. The van der Waals surface area contributed by atoms with Gasteiger partial charge in [0.15, 0.2) is 6.79 Å². The second-order valence-electron chi connectivity index (χ2n) is 8.64. The summed E-state index contributed by atoms with van der Waals surface area (Å²) < 4.78 is 11.4. The maximum Gasteiger partial charge on any atom is 0.335 e. The van der Waals surface area contributed by atoms with Crippen molar-refractivity contribution in [1.82, 2.24) is 10.2 Å². The summed E-state index contributed by atoms with van der Waals surface area (Å²) in [6.07, 6.45) is 6.02. The molecule has 0 radical (unpaired) electrons. The van der Waals surface area contributed by atoms with Crippen LogP contribution in [0.4, 0.5) is 0 Å². The summed E-state index contributed by atoms with van der Waals surface area (Å²) in [5.41, 5.74) is 5.16. The second kappa shape index (κ2) is 9.57. The quantitative estimate of drug-likeness (QED) is 0.334. The third-order valence-corrected chi connectivity index (χ3v) is 6.41. The molecule has 6 heteroatoms. The lowest BCUT2D eigenvalue weighted by molar-refractivity contribution is 0.0209. The molecule has 2 N–H and O–H groups in total. The lowest BCUT2D eigenvalue weighted by Gasteiger charge is -2.35. The summed E-state index contributed by atoms with van der Waals surface area (Å²) >= 11 is 0. The molecule has 0 spiro atoms. The Morgan fingerprint density at radius 3 is 2.47 bits per heavy atom. The minimum Gasteiger partial charge on any atom is -0.478 e. The van der Waals surface area contributed by atoms with E-state index in [1.807, 2.05) is 25.1 Å². The number of rotatable bonds is 8. The van der Waals surface area contributed by atoms with Gasteiger partial charge < -0.3 is 14.6 Å². The lowest BCUT2D eigenvalue weighted by Crippen LogP contribution is -2.26. The molecular formula is C26H30N2O4. The van der Waals surface area contributed by atoms with Crippen molar-refractivity contribution in [2.45, 2.75) is 51.4 Å². The van der Waals surface area contributed by atoms with Crippen molar-refractivity contribution in [3.63, 3.8) is 0 Å². The first-order chi connectivity index (χ1) is 15.5. The predicted octanol–water partition coefficient (Wildman–Crippen LogP) is 6.04. The van der Waals surface area contributed by atoms with Crippen LogP contribution in [0.2, 0.25) is 0 Å². The van der Waals surface area contributed by atoms with Crippen molar-refractivity contribution in [3.05, 3.63) is 59.7 Å². The van der Waals surface area contributed by atoms with Gasteiger partial charge in [-0.1, -0.05) is 38.3 Å². The number of aromatic carboxylic acids is 1. The third-order valence-electron chi connectivity index (χ3n) is 6.41. The molecule has 6 nitrogen and oxygen atoms in total. The van der Waals surface area contributed by atoms with Crippen LogP contribution in [0.15, 0.2) is 48.5 Å². The molecule has 0 saturated heterocycles. The van der Waals surface area contributed by atoms with Gasteiger partial charge in [-0.3, -0.25) is 5.10 Å². The van der Waals surface area contributed by atoms with Gasteiger partial charge in [0.05, 0.1) is 17.0 Å². The number of ether oxygens (including phenoxy) is 2. The van der Waals surface area contributed by atoms with Crippen LogP contribution in [0.5, 0.6) is 5.75 Å². The largest absolute Gasteiger partial charge is 0.478 e. The average Bonchev–Trinajstić information content (AvgIpc) is 3.30. The normalized spacial score (nSPS) is 15.4. The van der Waals surface area contributed by atoms with Gasteiger partial charge in [0.25, 0.3) is 0 Å². The zero-order chi connectivity index (χ0) is 22.6. The first kappa shape index (κ1) is 22.1. The van der Waals surface area contributed by atoms with E-state index in [4.69, 9.17) is 14.6 Å². The van der Waals surface area contributed by atoms with Crippen LogP contribution in [0.1, 0.15) is 61.9 Å².